The second kappa shape index (κ2) is 7.89. The van der Waals surface area contributed by atoms with Crippen molar-refractivity contribution in [3.8, 4) is 0 Å². The van der Waals surface area contributed by atoms with Gasteiger partial charge in [0, 0.05) is 5.56 Å². The molecule has 0 heterocycles. The summed E-state index contributed by atoms with van der Waals surface area (Å²) in [7, 11) is -3.50. The number of hydrogen-bond acceptors (Lipinski definition) is 4. The number of hydrogen-bond donors (Lipinski definition) is 1. The third kappa shape index (κ3) is 5.84. The molecule has 0 radical (unpaired) electrons. The van der Waals surface area contributed by atoms with Gasteiger partial charge in [0.1, 0.15) is 0 Å². The molecular formula is C17H19NO4S. The molecule has 0 aliphatic carbocycles. The molecule has 0 fully saturated rings. The average molecular weight is 333 g/mol. The van der Waals surface area contributed by atoms with Gasteiger partial charge < -0.3 is 5.32 Å². The van der Waals surface area contributed by atoms with Gasteiger partial charge in [0.05, 0.1) is 18.9 Å². The van der Waals surface area contributed by atoms with E-state index in [0.29, 0.717) is 12.0 Å². The van der Waals surface area contributed by atoms with Crippen molar-refractivity contribution in [3.05, 3.63) is 71.8 Å². The summed E-state index contributed by atoms with van der Waals surface area (Å²) in [5.41, 5.74) is 1.45. The molecule has 0 saturated heterocycles. The minimum absolute atomic E-state index is 0.00740. The van der Waals surface area contributed by atoms with Gasteiger partial charge in [-0.2, -0.15) is 8.42 Å². The molecule has 23 heavy (non-hydrogen) atoms. The molecule has 6 heteroatoms. The first-order chi connectivity index (χ1) is 11.0. The van der Waals surface area contributed by atoms with Crippen LogP contribution in [0.1, 0.15) is 28.4 Å². The third-order valence-corrected chi connectivity index (χ3v) is 3.84. The van der Waals surface area contributed by atoms with Crippen molar-refractivity contribution in [2.45, 2.75) is 12.5 Å². The maximum absolute atomic E-state index is 12.3. The van der Waals surface area contributed by atoms with Gasteiger partial charge in [-0.05, 0) is 24.1 Å². The highest BCUT2D eigenvalue weighted by molar-refractivity contribution is 7.85. The second-order valence-electron chi connectivity index (χ2n) is 5.12. The molecule has 0 spiro atoms. The smallest absolute Gasteiger partial charge is 0.264 e. The molecule has 0 aliphatic heterocycles. The largest absolute Gasteiger partial charge is 0.345 e. The summed E-state index contributed by atoms with van der Waals surface area (Å²) in [5, 5.41) is 2.92. The van der Waals surface area contributed by atoms with Crippen molar-refractivity contribution in [2.24, 2.45) is 0 Å². The summed E-state index contributed by atoms with van der Waals surface area (Å²) in [4.78, 5) is 12.3. The molecule has 0 saturated carbocycles. The topological polar surface area (TPSA) is 72.5 Å². The predicted molar refractivity (Wildman–Crippen MR) is 88.5 cm³/mol. The Morgan fingerprint density at radius 3 is 2.17 bits per heavy atom. The van der Waals surface area contributed by atoms with Gasteiger partial charge in [-0.15, -0.1) is 0 Å². The number of carbonyl (C=O) groups is 1. The van der Waals surface area contributed by atoms with Crippen LogP contribution in [0.3, 0.4) is 0 Å². The highest BCUT2D eigenvalue weighted by Gasteiger charge is 2.16. The molecule has 0 aromatic heterocycles. The van der Waals surface area contributed by atoms with Crippen LogP contribution in [0.4, 0.5) is 0 Å². The van der Waals surface area contributed by atoms with Crippen molar-refractivity contribution in [3.63, 3.8) is 0 Å². The minimum atomic E-state index is -3.50. The van der Waals surface area contributed by atoms with E-state index in [4.69, 9.17) is 4.18 Å². The molecule has 0 aliphatic rings. The lowest BCUT2D eigenvalue weighted by Crippen LogP contribution is -2.29. The van der Waals surface area contributed by atoms with Gasteiger partial charge >= 0.3 is 0 Å². The zero-order valence-corrected chi connectivity index (χ0v) is 13.6. The van der Waals surface area contributed by atoms with Gasteiger partial charge in [-0.3, -0.25) is 8.98 Å². The minimum Gasteiger partial charge on any atom is -0.345 e. The predicted octanol–water partition coefficient (Wildman–Crippen LogP) is 2.52. The maximum atomic E-state index is 12.3. The molecule has 1 amide bonds. The van der Waals surface area contributed by atoms with Gasteiger partial charge in [-0.25, -0.2) is 0 Å². The van der Waals surface area contributed by atoms with E-state index in [1.807, 2.05) is 36.4 Å². The van der Waals surface area contributed by atoms with Gasteiger partial charge in [-0.1, -0.05) is 48.5 Å². The highest BCUT2D eigenvalue weighted by atomic mass is 32.2. The van der Waals surface area contributed by atoms with E-state index in [1.54, 1.807) is 24.3 Å². The monoisotopic (exact) mass is 333 g/mol. The SMILES string of the molecule is CS(=O)(=O)OCCC(NC(=O)c1ccccc1)c1ccccc1. The summed E-state index contributed by atoms with van der Waals surface area (Å²) >= 11 is 0. The molecule has 2 aromatic carbocycles. The van der Waals surface area contributed by atoms with Crippen LogP contribution in [0.15, 0.2) is 60.7 Å². The summed E-state index contributed by atoms with van der Waals surface area (Å²) in [6, 6.07) is 17.9. The summed E-state index contributed by atoms with van der Waals surface area (Å²) in [6.45, 7) is 0.00740. The molecule has 0 bridgehead atoms. The van der Waals surface area contributed by atoms with Gasteiger partial charge in [0.15, 0.2) is 0 Å². The lowest BCUT2D eigenvalue weighted by Gasteiger charge is -2.19. The Hall–Kier alpha value is -2.18. The van der Waals surface area contributed by atoms with Crippen LogP contribution in [0.5, 0.6) is 0 Å². The standard InChI is InChI=1S/C17H19NO4S/c1-23(20,21)22-13-12-16(14-8-4-2-5-9-14)18-17(19)15-10-6-3-7-11-15/h2-11,16H,12-13H2,1H3,(H,18,19). The maximum Gasteiger partial charge on any atom is 0.264 e. The van der Waals surface area contributed by atoms with Crippen LogP contribution in [-0.4, -0.2) is 27.2 Å². The Morgan fingerprint density at radius 1 is 1.04 bits per heavy atom. The molecule has 2 rings (SSSR count). The molecule has 5 nitrogen and oxygen atoms in total. The lowest BCUT2D eigenvalue weighted by atomic mass is 10.0. The molecule has 2 aromatic rings. The quantitative estimate of drug-likeness (QED) is 0.790. The van der Waals surface area contributed by atoms with E-state index in [9.17, 15) is 13.2 Å². The van der Waals surface area contributed by atoms with Gasteiger partial charge in [0.2, 0.25) is 0 Å². The molecular weight excluding hydrogens is 314 g/mol. The van der Waals surface area contributed by atoms with E-state index in [0.717, 1.165) is 11.8 Å². The van der Waals surface area contributed by atoms with Crippen LogP contribution < -0.4 is 5.32 Å². The van der Waals surface area contributed by atoms with Crippen LogP contribution in [0.2, 0.25) is 0 Å². The third-order valence-electron chi connectivity index (χ3n) is 3.25. The number of benzene rings is 2. The number of carbonyl (C=O) groups excluding carboxylic acids is 1. The first kappa shape index (κ1) is 17.2. The Balaban J connectivity index is 2.09. The van der Waals surface area contributed by atoms with Crippen LogP contribution in [0, 0.1) is 0 Å². The van der Waals surface area contributed by atoms with Crippen LogP contribution >= 0.6 is 0 Å². The molecule has 122 valence electrons. The molecule has 1 atom stereocenters. The molecule has 1 unspecified atom stereocenters. The zero-order valence-electron chi connectivity index (χ0n) is 12.8. The van der Waals surface area contributed by atoms with Crippen molar-refractivity contribution in [1.82, 2.24) is 5.32 Å². The Bertz CT molecular complexity index is 730. The fourth-order valence-electron chi connectivity index (χ4n) is 2.16. The second-order valence-corrected chi connectivity index (χ2v) is 6.76. The fraction of sp³-hybridized carbons (Fsp3) is 0.235. The fourth-order valence-corrected chi connectivity index (χ4v) is 2.55. The van der Waals surface area contributed by atoms with E-state index in [-0.39, 0.29) is 18.6 Å². The van der Waals surface area contributed by atoms with Crippen molar-refractivity contribution < 1.29 is 17.4 Å². The Morgan fingerprint density at radius 2 is 1.61 bits per heavy atom. The zero-order chi connectivity index (χ0) is 16.7. The van der Waals surface area contributed by atoms with E-state index >= 15 is 0 Å². The average Bonchev–Trinajstić information content (AvgIpc) is 2.54. The van der Waals surface area contributed by atoms with Gasteiger partial charge in [0.25, 0.3) is 16.0 Å². The first-order valence-electron chi connectivity index (χ1n) is 7.21. The number of amides is 1. The summed E-state index contributed by atoms with van der Waals surface area (Å²) in [6.07, 6.45) is 1.36. The Kier molecular flexibility index (Phi) is 5.90. The van der Waals surface area contributed by atoms with E-state index < -0.39 is 10.1 Å². The van der Waals surface area contributed by atoms with Crippen molar-refractivity contribution >= 4 is 16.0 Å². The van der Waals surface area contributed by atoms with E-state index in [2.05, 4.69) is 5.32 Å². The van der Waals surface area contributed by atoms with Crippen molar-refractivity contribution in [2.75, 3.05) is 12.9 Å². The number of rotatable bonds is 7. The molecule has 1 N–H and O–H groups in total. The van der Waals surface area contributed by atoms with E-state index in [1.165, 1.54) is 0 Å². The summed E-state index contributed by atoms with van der Waals surface area (Å²) < 4.78 is 27.0. The van der Waals surface area contributed by atoms with Crippen molar-refractivity contribution in [1.29, 1.82) is 0 Å². The Labute approximate surface area is 136 Å². The number of nitrogens with one attached hydrogen (secondary N) is 1. The normalized spacial score (nSPS) is 12.6. The first-order valence-corrected chi connectivity index (χ1v) is 9.02. The lowest BCUT2D eigenvalue weighted by molar-refractivity contribution is 0.0931. The van der Waals surface area contributed by atoms with Crippen LogP contribution in [-0.2, 0) is 14.3 Å². The highest BCUT2D eigenvalue weighted by Crippen LogP contribution is 2.18. The van der Waals surface area contributed by atoms with Crippen LogP contribution in [0.25, 0.3) is 0 Å². The summed E-state index contributed by atoms with van der Waals surface area (Å²) in [5.74, 6) is -0.209.